The summed E-state index contributed by atoms with van der Waals surface area (Å²) in [7, 11) is 2.39. The standard InChI is InChI=1S/C17H38N.C12H26O4S/c1-5-6-7-8-9-10-11-12-13-14-15-16-17-18(2,3)4;1-2-3-4-5-6-7-8-9-10-11-12-16-17(13,14)15/h5-17H2,1-4H3;2-12H2,1H3,(H,13,14,15)/q+1;/p-1. The van der Waals surface area contributed by atoms with Crippen LogP contribution in [0.5, 0.6) is 0 Å². The summed E-state index contributed by atoms with van der Waals surface area (Å²) >= 11 is 0. The van der Waals surface area contributed by atoms with Gasteiger partial charge in [0.25, 0.3) is 0 Å². The smallest absolute Gasteiger partial charge is 0.217 e. The number of nitrogens with zero attached hydrogens (tertiary/aromatic N) is 1. The van der Waals surface area contributed by atoms with Gasteiger partial charge in [0.2, 0.25) is 10.4 Å². The van der Waals surface area contributed by atoms with Crippen LogP contribution in [-0.4, -0.2) is 51.7 Å². The lowest BCUT2D eigenvalue weighted by atomic mass is 10.1. The molecule has 0 heterocycles. The summed E-state index contributed by atoms with van der Waals surface area (Å²) in [6, 6.07) is 0. The molecule has 0 unspecified atom stereocenters. The zero-order chi connectivity index (χ0) is 26.7. The fourth-order valence-corrected chi connectivity index (χ4v) is 4.50. The van der Waals surface area contributed by atoms with E-state index in [2.05, 4.69) is 39.2 Å². The van der Waals surface area contributed by atoms with Gasteiger partial charge in [0.1, 0.15) is 0 Å². The van der Waals surface area contributed by atoms with Crippen LogP contribution in [-0.2, 0) is 14.6 Å². The third-order valence-corrected chi connectivity index (χ3v) is 6.86. The molecule has 0 aromatic heterocycles. The Morgan fingerprint density at radius 3 is 1.09 bits per heavy atom. The highest BCUT2D eigenvalue weighted by molar-refractivity contribution is 7.80. The van der Waals surface area contributed by atoms with Crippen LogP contribution in [0, 0.1) is 0 Å². The third-order valence-electron chi connectivity index (χ3n) is 6.41. The molecular formula is C29H63NO4S. The van der Waals surface area contributed by atoms with Crippen LogP contribution in [0.15, 0.2) is 0 Å². The summed E-state index contributed by atoms with van der Waals surface area (Å²) in [5.74, 6) is 0. The summed E-state index contributed by atoms with van der Waals surface area (Å²) in [4.78, 5) is 0. The Hall–Kier alpha value is -0.170. The van der Waals surface area contributed by atoms with Gasteiger partial charge in [-0.25, -0.2) is 8.42 Å². The second kappa shape index (κ2) is 26.9. The molecule has 0 aliphatic carbocycles. The molecule has 6 heteroatoms. The van der Waals surface area contributed by atoms with Crippen molar-refractivity contribution in [2.24, 2.45) is 0 Å². The van der Waals surface area contributed by atoms with Crippen molar-refractivity contribution in [2.75, 3.05) is 34.3 Å². The van der Waals surface area contributed by atoms with E-state index in [9.17, 15) is 13.0 Å². The second-order valence-corrected chi connectivity index (χ2v) is 12.4. The van der Waals surface area contributed by atoms with Crippen LogP contribution in [0.2, 0.25) is 0 Å². The summed E-state index contributed by atoms with van der Waals surface area (Å²) in [6.45, 7) is 5.86. The first-order valence-corrected chi connectivity index (χ1v) is 16.4. The Labute approximate surface area is 221 Å². The van der Waals surface area contributed by atoms with Crippen LogP contribution in [0.25, 0.3) is 0 Å². The van der Waals surface area contributed by atoms with Gasteiger partial charge < -0.3 is 9.04 Å². The van der Waals surface area contributed by atoms with E-state index in [1.807, 2.05) is 0 Å². The molecule has 0 rings (SSSR count). The number of rotatable bonds is 25. The fraction of sp³-hybridized carbons (Fsp3) is 1.00. The summed E-state index contributed by atoms with van der Waals surface area (Å²) in [5, 5.41) is 0. The van der Waals surface area contributed by atoms with E-state index in [1.54, 1.807) is 0 Å². The molecule has 0 aromatic rings. The Morgan fingerprint density at radius 2 is 0.800 bits per heavy atom. The van der Waals surface area contributed by atoms with Gasteiger partial charge in [-0.15, -0.1) is 0 Å². The van der Waals surface area contributed by atoms with Crippen molar-refractivity contribution in [1.29, 1.82) is 0 Å². The van der Waals surface area contributed by atoms with Gasteiger partial charge in [-0.1, -0.05) is 136 Å². The lowest BCUT2D eigenvalue weighted by Crippen LogP contribution is -2.35. The van der Waals surface area contributed by atoms with E-state index in [0.717, 1.165) is 17.3 Å². The Morgan fingerprint density at radius 1 is 0.514 bits per heavy atom. The molecule has 214 valence electrons. The highest BCUT2D eigenvalue weighted by Crippen LogP contribution is 2.12. The first-order valence-electron chi connectivity index (χ1n) is 15.0. The van der Waals surface area contributed by atoms with Gasteiger partial charge in [-0.2, -0.15) is 0 Å². The average Bonchev–Trinajstić information content (AvgIpc) is 2.77. The molecule has 0 amide bonds. The Balaban J connectivity index is 0. The lowest BCUT2D eigenvalue weighted by molar-refractivity contribution is -0.870. The first kappa shape index (κ1) is 37.0. The molecule has 0 N–H and O–H groups in total. The number of hydrogen-bond donors (Lipinski definition) is 0. The zero-order valence-electron chi connectivity index (χ0n) is 24.5. The van der Waals surface area contributed by atoms with Crippen LogP contribution in [0.3, 0.4) is 0 Å². The number of unbranched alkanes of at least 4 members (excludes halogenated alkanes) is 20. The molecule has 0 saturated heterocycles. The van der Waals surface area contributed by atoms with Gasteiger partial charge in [-0.3, -0.25) is 4.18 Å². The van der Waals surface area contributed by atoms with Gasteiger partial charge in [0.15, 0.2) is 0 Å². The second-order valence-electron chi connectivity index (χ2n) is 11.3. The molecule has 0 aromatic carbocycles. The fourth-order valence-electron chi connectivity index (χ4n) is 4.18. The quantitative estimate of drug-likeness (QED) is 0.0521. The van der Waals surface area contributed by atoms with Crippen molar-refractivity contribution in [3.8, 4) is 0 Å². The van der Waals surface area contributed by atoms with Crippen molar-refractivity contribution < 1.29 is 21.6 Å². The highest BCUT2D eigenvalue weighted by Gasteiger charge is 2.05. The monoisotopic (exact) mass is 521 g/mol. The summed E-state index contributed by atoms with van der Waals surface area (Å²) < 4.78 is 35.6. The molecule has 0 spiro atoms. The van der Waals surface area contributed by atoms with Crippen LogP contribution in [0.4, 0.5) is 0 Å². The van der Waals surface area contributed by atoms with Crippen molar-refractivity contribution >= 4 is 10.4 Å². The predicted octanol–water partition coefficient (Wildman–Crippen LogP) is 8.78. The van der Waals surface area contributed by atoms with Gasteiger partial charge >= 0.3 is 0 Å². The van der Waals surface area contributed by atoms with E-state index in [4.69, 9.17) is 0 Å². The van der Waals surface area contributed by atoms with Gasteiger partial charge in [0, 0.05) is 0 Å². The topological polar surface area (TPSA) is 66.4 Å². The molecule has 5 nitrogen and oxygen atoms in total. The average molecular weight is 522 g/mol. The molecule has 0 aliphatic heterocycles. The minimum Gasteiger partial charge on any atom is -0.726 e. The maximum Gasteiger partial charge on any atom is 0.217 e. The van der Waals surface area contributed by atoms with Crippen LogP contribution >= 0.6 is 0 Å². The van der Waals surface area contributed by atoms with Crippen molar-refractivity contribution in [3.05, 3.63) is 0 Å². The Bertz CT molecular complexity index is 503. The highest BCUT2D eigenvalue weighted by atomic mass is 32.3. The van der Waals surface area contributed by atoms with Crippen molar-refractivity contribution in [2.45, 2.75) is 155 Å². The molecular weight excluding hydrogens is 458 g/mol. The van der Waals surface area contributed by atoms with Crippen LogP contribution < -0.4 is 0 Å². The number of quaternary nitrogens is 1. The summed E-state index contributed by atoms with van der Waals surface area (Å²) in [6.07, 6.45) is 29.1. The molecule has 0 fully saturated rings. The van der Waals surface area contributed by atoms with E-state index >= 15 is 0 Å². The largest absolute Gasteiger partial charge is 0.726 e. The van der Waals surface area contributed by atoms with E-state index in [-0.39, 0.29) is 6.61 Å². The van der Waals surface area contributed by atoms with Crippen LogP contribution in [0.1, 0.15) is 155 Å². The van der Waals surface area contributed by atoms with E-state index in [0.29, 0.717) is 6.42 Å². The molecule has 0 aliphatic rings. The normalized spacial score (nSPS) is 11.9. The molecule has 0 saturated carbocycles. The Kier molecular flexibility index (Phi) is 28.4. The predicted molar refractivity (Wildman–Crippen MR) is 151 cm³/mol. The molecule has 0 radical (unpaired) electrons. The zero-order valence-corrected chi connectivity index (χ0v) is 25.3. The molecule has 0 bridgehead atoms. The lowest BCUT2D eigenvalue weighted by Gasteiger charge is -2.23. The molecule has 35 heavy (non-hydrogen) atoms. The minimum atomic E-state index is -4.48. The minimum absolute atomic E-state index is 0.0301. The number of hydrogen-bond acceptors (Lipinski definition) is 4. The summed E-state index contributed by atoms with van der Waals surface area (Å²) in [5.41, 5.74) is 0. The van der Waals surface area contributed by atoms with Gasteiger partial charge in [-0.05, 0) is 19.3 Å². The maximum atomic E-state index is 10.1. The molecule has 0 atom stereocenters. The SMILES string of the molecule is CCCCCCCCCCCCCC[N+](C)(C)C.CCCCCCCCCCCCOS(=O)(=O)[O-]. The third kappa shape index (κ3) is 41.2. The van der Waals surface area contributed by atoms with E-state index < -0.39 is 10.4 Å². The van der Waals surface area contributed by atoms with Crippen molar-refractivity contribution in [3.63, 3.8) is 0 Å². The van der Waals surface area contributed by atoms with E-state index in [1.165, 1.54) is 129 Å². The van der Waals surface area contributed by atoms with Crippen molar-refractivity contribution in [1.82, 2.24) is 0 Å². The van der Waals surface area contributed by atoms with Gasteiger partial charge in [0.05, 0.1) is 34.3 Å². The maximum absolute atomic E-state index is 10.1. The first-order chi connectivity index (χ1) is 16.6.